The average Bonchev–Trinajstić information content (AvgIpc) is 3.10. The van der Waals surface area contributed by atoms with Crippen molar-refractivity contribution in [2.75, 3.05) is 0 Å². The molecule has 0 saturated carbocycles. The number of benzene rings is 7. The summed E-state index contributed by atoms with van der Waals surface area (Å²) in [4.78, 5) is 0. The van der Waals surface area contributed by atoms with E-state index < -0.39 is 0 Å². The molecule has 7 aromatic carbocycles. The Kier molecular flexibility index (Phi) is 5.48. The second kappa shape index (κ2) is 9.77. The van der Waals surface area contributed by atoms with E-state index in [9.17, 15) is 0 Å². The van der Waals surface area contributed by atoms with E-state index in [0.29, 0.717) is 0 Å². The van der Waals surface area contributed by atoms with E-state index in [4.69, 9.17) is 0 Å². The van der Waals surface area contributed by atoms with Gasteiger partial charge in [-0.2, -0.15) is 0 Å². The molecule has 0 amide bonds. The first kappa shape index (κ1) is 25.8. The summed E-state index contributed by atoms with van der Waals surface area (Å²) < 4.78 is 0. The van der Waals surface area contributed by atoms with Crippen LogP contribution in [-0.2, 0) is 0 Å². The number of aryl methyl sites for hydroxylation is 1. The molecule has 0 heterocycles. The van der Waals surface area contributed by atoms with Crippen molar-refractivity contribution in [2.45, 2.75) is 24.7 Å². The predicted molar refractivity (Wildman–Crippen MR) is 194 cm³/mol. The Bertz CT molecular complexity index is 2490. The molecule has 0 fully saturated rings. The van der Waals surface area contributed by atoms with Crippen LogP contribution in [0, 0.1) is 13.0 Å². The minimum Gasteiger partial charge on any atom is -0.0720 e. The van der Waals surface area contributed by atoms with E-state index in [1.165, 1.54) is 88.0 Å². The molecule has 0 spiro atoms. The lowest BCUT2D eigenvalue weighted by Gasteiger charge is -2.32. The van der Waals surface area contributed by atoms with Crippen LogP contribution in [0.25, 0.3) is 50.0 Å². The Morgan fingerprint density at radius 3 is 1.85 bits per heavy atom. The summed E-state index contributed by atoms with van der Waals surface area (Å²) in [6, 6.07) is 48.9. The smallest absolute Gasteiger partial charge is 0.0288 e. The molecule has 3 aliphatic carbocycles. The normalized spacial score (nSPS) is 19.2. The van der Waals surface area contributed by atoms with Gasteiger partial charge in [0.25, 0.3) is 0 Å². The van der Waals surface area contributed by atoms with Crippen molar-refractivity contribution in [3.05, 3.63) is 196 Å². The quantitative estimate of drug-likeness (QED) is 0.194. The van der Waals surface area contributed by atoms with Gasteiger partial charge >= 0.3 is 0 Å². The molecule has 215 valence electrons. The van der Waals surface area contributed by atoms with Crippen LogP contribution in [0.5, 0.6) is 0 Å². The highest BCUT2D eigenvalue weighted by molar-refractivity contribution is 6.06. The van der Waals surface area contributed by atoms with Gasteiger partial charge in [-0.1, -0.05) is 157 Å². The maximum Gasteiger partial charge on any atom is 0.0288 e. The average molecular weight is 584 g/mol. The van der Waals surface area contributed by atoms with Crippen molar-refractivity contribution in [3.8, 4) is 0 Å². The molecule has 0 heteroatoms. The Hall–Kier alpha value is -5.46. The van der Waals surface area contributed by atoms with E-state index in [2.05, 4.69) is 165 Å². The first-order valence-corrected chi connectivity index (χ1v) is 16.4. The fraction of sp³-hybridized carbons (Fsp3) is 0.0870. The Balaban J connectivity index is 1.23. The van der Waals surface area contributed by atoms with Crippen LogP contribution in [0.4, 0.5) is 0 Å². The lowest BCUT2D eigenvalue weighted by atomic mass is 9.71. The van der Waals surface area contributed by atoms with Gasteiger partial charge in [0.15, 0.2) is 0 Å². The van der Waals surface area contributed by atoms with Crippen LogP contribution in [-0.4, -0.2) is 0 Å². The highest BCUT2D eigenvalue weighted by atomic mass is 14.3. The largest absolute Gasteiger partial charge is 0.0720 e. The van der Waals surface area contributed by atoms with Crippen molar-refractivity contribution in [2.24, 2.45) is 0 Å². The first-order valence-electron chi connectivity index (χ1n) is 16.4. The molecule has 0 saturated heterocycles. The molecule has 7 aromatic rings. The van der Waals surface area contributed by atoms with Crippen LogP contribution in [0.3, 0.4) is 0 Å². The Labute approximate surface area is 269 Å². The van der Waals surface area contributed by atoms with Gasteiger partial charge in [-0.25, -0.2) is 0 Å². The van der Waals surface area contributed by atoms with Gasteiger partial charge in [0, 0.05) is 17.8 Å². The van der Waals surface area contributed by atoms with Crippen molar-refractivity contribution < 1.29 is 0 Å². The van der Waals surface area contributed by atoms with Crippen LogP contribution < -0.4 is 0 Å². The van der Waals surface area contributed by atoms with E-state index in [0.717, 1.165) is 0 Å². The summed E-state index contributed by atoms with van der Waals surface area (Å²) in [6.45, 7) is 2.19. The summed E-state index contributed by atoms with van der Waals surface area (Å²) in [7, 11) is 0. The van der Waals surface area contributed by atoms with E-state index in [1.54, 1.807) is 0 Å². The fourth-order valence-corrected chi connectivity index (χ4v) is 8.64. The summed E-state index contributed by atoms with van der Waals surface area (Å²) in [5.74, 6) is 0.483. The van der Waals surface area contributed by atoms with Crippen LogP contribution >= 0.6 is 0 Å². The SMILES string of the molecule is Cc1cc[c]c(C2C=C(C3C=Cc4cccc5cccc3c45)c3cccc4c(C5C=Cc6cccc7cccc5c67)ccc2c34)c1. The molecule has 1 radical (unpaired) electrons. The molecule has 10 rings (SSSR count). The monoisotopic (exact) mass is 583 g/mol. The molecule has 0 N–H and O–H groups in total. The lowest BCUT2D eigenvalue weighted by Crippen LogP contribution is -2.13. The van der Waals surface area contributed by atoms with Gasteiger partial charge in [-0.15, -0.1) is 0 Å². The molecular formula is C46H31. The minimum absolute atomic E-state index is 0.122. The zero-order chi connectivity index (χ0) is 30.4. The van der Waals surface area contributed by atoms with Gasteiger partial charge in [0.1, 0.15) is 0 Å². The number of hydrogen-bond donors (Lipinski definition) is 0. The van der Waals surface area contributed by atoms with E-state index >= 15 is 0 Å². The highest BCUT2D eigenvalue weighted by Gasteiger charge is 2.31. The number of rotatable bonds is 3. The summed E-state index contributed by atoms with van der Waals surface area (Å²) in [5.41, 5.74) is 13.4. The molecular weight excluding hydrogens is 553 g/mol. The highest BCUT2D eigenvalue weighted by Crippen LogP contribution is 2.51. The van der Waals surface area contributed by atoms with Crippen molar-refractivity contribution in [1.82, 2.24) is 0 Å². The third-order valence-corrected chi connectivity index (χ3v) is 10.6. The van der Waals surface area contributed by atoms with Crippen molar-refractivity contribution in [1.29, 1.82) is 0 Å². The zero-order valence-electron chi connectivity index (χ0n) is 25.7. The second-order valence-electron chi connectivity index (χ2n) is 13.2. The third-order valence-electron chi connectivity index (χ3n) is 10.6. The summed E-state index contributed by atoms with van der Waals surface area (Å²) >= 11 is 0. The summed E-state index contributed by atoms with van der Waals surface area (Å²) in [6.07, 6.45) is 12.0. The van der Waals surface area contributed by atoms with Crippen LogP contribution in [0.2, 0.25) is 0 Å². The van der Waals surface area contributed by atoms with Crippen molar-refractivity contribution >= 4 is 50.0 Å². The molecule has 0 aliphatic heterocycles. The minimum atomic E-state index is 0.122. The Morgan fingerprint density at radius 1 is 0.522 bits per heavy atom. The number of allylic oxidation sites excluding steroid dienone is 4. The third kappa shape index (κ3) is 3.68. The number of hydrogen-bond acceptors (Lipinski definition) is 0. The summed E-state index contributed by atoms with van der Waals surface area (Å²) in [5, 5.41) is 8.11. The predicted octanol–water partition coefficient (Wildman–Crippen LogP) is 11.8. The molecule has 3 unspecified atom stereocenters. The Morgan fingerprint density at radius 2 is 1.13 bits per heavy atom. The fourth-order valence-electron chi connectivity index (χ4n) is 8.64. The topological polar surface area (TPSA) is 0 Å². The van der Waals surface area contributed by atoms with Crippen molar-refractivity contribution in [3.63, 3.8) is 0 Å². The van der Waals surface area contributed by atoms with Crippen LogP contribution in [0.15, 0.2) is 140 Å². The lowest BCUT2D eigenvalue weighted by molar-refractivity contribution is 0.989. The second-order valence-corrected chi connectivity index (χ2v) is 13.2. The van der Waals surface area contributed by atoms with Gasteiger partial charge in [-0.3, -0.25) is 0 Å². The molecule has 0 aromatic heterocycles. The standard InChI is InChI=1S/C46H31/c1-28-8-2-15-33(26-28)42-27-43(36-23-21-32-12-4-10-30-14-6-17-38(36)45(30)32)40-19-7-18-39-35(24-25-41(42)46(39)40)34-22-20-31-11-3-9-29-13-5-16-37(34)44(29)31/h2-14,16-27,34,36,42H,1H3. The molecule has 46 heavy (non-hydrogen) atoms. The van der Waals surface area contributed by atoms with Crippen LogP contribution in [0.1, 0.15) is 67.8 Å². The first-order chi connectivity index (χ1) is 22.7. The zero-order valence-corrected chi connectivity index (χ0v) is 25.7. The maximum absolute atomic E-state index is 3.64. The van der Waals surface area contributed by atoms with Gasteiger partial charge in [0.05, 0.1) is 0 Å². The van der Waals surface area contributed by atoms with Gasteiger partial charge in [0.2, 0.25) is 0 Å². The molecule has 0 nitrogen and oxygen atoms in total. The van der Waals surface area contributed by atoms with E-state index in [1.807, 2.05) is 0 Å². The van der Waals surface area contributed by atoms with Gasteiger partial charge in [-0.05, 0) is 95.4 Å². The van der Waals surface area contributed by atoms with E-state index in [-0.39, 0.29) is 17.8 Å². The van der Waals surface area contributed by atoms with Gasteiger partial charge < -0.3 is 0 Å². The maximum atomic E-state index is 3.64. The molecule has 3 aliphatic rings. The molecule has 0 bridgehead atoms. The molecule has 3 atom stereocenters.